The SMILES string of the molecule is CC(C)(CO)c1cc(F)cc2ccc(-c3nnc4ccc([C@@H](N5CCC(N)C5)C(F)(F)F)cn34)nc12. The minimum atomic E-state index is -4.50. The summed E-state index contributed by atoms with van der Waals surface area (Å²) in [6.07, 6.45) is -2.61. The molecule has 0 spiro atoms. The zero-order valence-corrected chi connectivity index (χ0v) is 19.8. The first-order chi connectivity index (χ1) is 17.0. The van der Waals surface area contributed by atoms with Crippen LogP contribution in [0.4, 0.5) is 17.6 Å². The van der Waals surface area contributed by atoms with Gasteiger partial charge in [0.25, 0.3) is 0 Å². The summed E-state index contributed by atoms with van der Waals surface area (Å²) >= 11 is 0. The minimum absolute atomic E-state index is 0.0510. The van der Waals surface area contributed by atoms with Crippen LogP contribution in [0.25, 0.3) is 28.1 Å². The molecule has 0 amide bonds. The minimum Gasteiger partial charge on any atom is -0.395 e. The van der Waals surface area contributed by atoms with Gasteiger partial charge in [-0.2, -0.15) is 13.2 Å². The second-order valence-corrected chi connectivity index (χ2v) is 9.97. The molecule has 2 atom stereocenters. The molecule has 0 aliphatic carbocycles. The van der Waals surface area contributed by atoms with Crippen molar-refractivity contribution in [2.24, 2.45) is 5.73 Å². The zero-order chi connectivity index (χ0) is 25.8. The molecule has 7 nitrogen and oxygen atoms in total. The van der Waals surface area contributed by atoms with E-state index in [-0.39, 0.29) is 37.1 Å². The summed E-state index contributed by atoms with van der Waals surface area (Å²) in [4.78, 5) is 6.03. The van der Waals surface area contributed by atoms with Crippen LogP contribution in [0.2, 0.25) is 0 Å². The molecule has 0 saturated carbocycles. The Kier molecular flexibility index (Phi) is 5.97. The summed E-state index contributed by atoms with van der Waals surface area (Å²) in [5.41, 5.74) is 6.87. The van der Waals surface area contributed by atoms with Crippen LogP contribution >= 0.6 is 0 Å². The van der Waals surface area contributed by atoms with E-state index >= 15 is 0 Å². The first-order valence-corrected chi connectivity index (χ1v) is 11.6. The van der Waals surface area contributed by atoms with Crippen LogP contribution in [0.3, 0.4) is 0 Å². The number of halogens is 4. The maximum atomic E-state index is 14.3. The van der Waals surface area contributed by atoms with E-state index in [0.29, 0.717) is 34.2 Å². The zero-order valence-electron chi connectivity index (χ0n) is 19.8. The van der Waals surface area contributed by atoms with Gasteiger partial charge in [0.1, 0.15) is 17.6 Å². The number of alkyl halides is 3. The first kappa shape index (κ1) is 24.5. The lowest BCUT2D eigenvalue weighted by Gasteiger charge is -2.30. The van der Waals surface area contributed by atoms with Gasteiger partial charge in [0.05, 0.1) is 12.1 Å². The van der Waals surface area contributed by atoms with Crippen molar-refractivity contribution in [3.05, 3.63) is 59.5 Å². The molecule has 1 saturated heterocycles. The van der Waals surface area contributed by atoms with Crippen molar-refractivity contribution in [1.29, 1.82) is 0 Å². The number of fused-ring (bicyclic) bond motifs is 2. The number of hydrogen-bond acceptors (Lipinski definition) is 6. The van der Waals surface area contributed by atoms with Crippen LogP contribution < -0.4 is 5.73 Å². The monoisotopic (exact) mass is 502 g/mol. The molecule has 36 heavy (non-hydrogen) atoms. The Morgan fingerprint density at radius 1 is 1.14 bits per heavy atom. The highest BCUT2D eigenvalue weighted by atomic mass is 19.4. The summed E-state index contributed by atoms with van der Waals surface area (Å²) in [6.45, 7) is 3.73. The fraction of sp³-hybridized carbons (Fsp3) is 0.400. The van der Waals surface area contributed by atoms with Crippen molar-refractivity contribution < 1.29 is 22.7 Å². The predicted octanol–water partition coefficient (Wildman–Crippen LogP) is 3.99. The maximum absolute atomic E-state index is 14.3. The number of nitrogens with two attached hydrogens (primary N) is 1. The van der Waals surface area contributed by atoms with Gasteiger partial charge >= 0.3 is 6.18 Å². The number of aromatic nitrogens is 4. The second-order valence-electron chi connectivity index (χ2n) is 9.97. The van der Waals surface area contributed by atoms with Crippen molar-refractivity contribution in [2.75, 3.05) is 19.7 Å². The third-order valence-corrected chi connectivity index (χ3v) is 6.78. The van der Waals surface area contributed by atoms with E-state index in [1.807, 2.05) is 0 Å². The number of pyridine rings is 2. The summed E-state index contributed by atoms with van der Waals surface area (Å²) in [5.74, 6) is -0.198. The van der Waals surface area contributed by atoms with Gasteiger partial charge in [0.15, 0.2) is 11.5 Å². The standard InChI is InChI=1S/C25H26F4N6O/c1-24(2,13-36)18-10-16(26)9-14-3-5-19(31-21(14)18)23-33-32-20-6-4-15(11-35(20)23)22(25(27,28)29)34-8-7-17(30)12-34/h3-6,9-11,17,22,36H,7-8,12-13,30H2,1-2H3/t17?,22-/m1/s1. The Balaban J connectivity index is 1.64. The molecule has 3 N–H and O–H groups in total. The Morgan fingerprint density at radius 2 is 1.92 bits per heavy atom. The average molecular weight is 503 g/mol. The summed E-state index contributed by atoms with van der Waals surface area (Å²) < 4.78 is 58.2. The van der Waals surface area contributed by atoms with Gasteiger partial charge < -0.3 is 10.8 Å². The molecule has 1 fully saturated rings. The maximum Gasteiger partial charge on any atom is 0.408 e. The van der Waals surface area contributed by atoms with E-state index in [0.717, 1.165) is 0 Å². The number of rotatable bonds is 5. The number of hydrogen-bond donors (Lipinski definition) is 2. The Bertz CT molecular complexity index is 1430. The number of benzene rings is 1. The summed E-state index contributed by atoms with van der Waals surface area (Å²) in [6, 6.07) is 6.78. The van der Waals surface area contributed by atoms with Crippen LogP contribution in [0, 0.1) is 5.82 Å². The fourth-order valence-electron chi connectivity index (χ4n) is 4.82. The van der Waals surface area contributed by atoms with Crippen LogP contribution in [-0.2, 0) is 5.41 Å². The lowest BCUT2D eigenvalue weighted by atomic mass is 9.84. The quantitative estimate of drug-likeness (QED) is 0.401. The van der Waals surface area contributed by atoms with E-state index < -0.39 is 23.5 Å². The molecule has 4 heterocycles. The highest BCUT2D eigenvalue weighted by molar-refractivity contribution is 5.85. The number of aliphatic hydroxyl groups excluding tert-OH is 1. The Morgan fingerprint density at radius 3 is 2.58 bits per heavy atom. The van der Waals surface area contributed by atoms with Gasteiger partial charge in [-0.1, -0.05) is 26.0 Å². The highest BCUT2D eigenvalue weighted by Gasteiger charge is 2.46. The molecule has 4 aromatic rings. The number of likely N-dealkylation sites (tertiary alicyclic amines) is 1. The molecule has 190 valence electrons. The molecular weight excluding hydrogens is 476 g/mol. The molecule has 0 radical (unpaired) electrons. The number of aliphatic hydroxyl groups is 1. The molecule has 1 unspecified atom stereocenters. The predicted molar refractivity (Wildman–Crippen MR) is 127 cm³/mol. The third kappa shape index (κ3) is 4.31. The Hall–Kier alpha value is -3.15. The molecule has 3 aromatic heterocycles. The molecule has 1 aliphatic rings. The average Bonchev–Trinajstić information content (AvgIpc) is 3.43. The van der Waals surface area contributed by atoms with Crippen LogP contribution in [0.1, 0.15) is 37.4 Å². The smallest absolute Gasteiger partial charge is 0.395 e. The molecule has 0 bridgehead atoms. The van der Waals surface area contributed by atoms with Gasteiger partial charge in [-0.3, -0.25) is 9.30 Å². The summed E-state index contributed by atoms with van der Waals surface area (Å²) in [7, 11) is 0. The molecule has 11 heteroatoms. The van der Waals surface area contributed by atoms with E-state index in [9.17, 15) is 22.7 Å². The van der Waals surface area contributed by atoms with Crippen LogP contribution in [-0.4, -0.2) is 61.5 Å². The summed E-state index contributed by atoms with van der Waals surface area (Å²) in [5, 5.41) is 18.7. The topological polar surface area (TPSA) is 92.6 Å². The lowest BCUT2D eigenvalue weighted by Crippen LogP contribution is -2.38. The van der Waals surface area contributed by atoms with Gasteiger partial charge in [-0.25, -0.2) is 9.37 Å². The fourth-order valence-corrected chi connectivity index (χ4v) is 4.82. The van der Waals surface area contributed by atoms with E-state index in [4.69, 9.17) is 5.73 Å². The van der Waals surface area contributed by atoms with Crippen molar-refractivity contribution >= 4 is 16.6 Å². The Labute approximate surface area is 204 Å². The van der Waals surface area contributed by atoms with Crippen LogP contribution in [0.15, 0.2) is 42.6 Å². The molecule has 5 rings (SSSR count). The molecule has 1 aromatic carbocycles. The normalized spacial score (nSPS) is 18.4. The van der Waals surface area contributed by atoms with Crippen molar-refractivity contribution in [2.45, 2.75) is 43.9 Å². The largest absolute Gasteiger partial charge is 0.408 e. The van der Waals surface area contributed by atoms with Gasteiger partial charge in [0, 0.05) is 36.1 Å². The van der Waals surface area contributed by atoms with Crippen molar-refractivity contribution in [3.63, 3.8) is 0 Å². The van der Waals surface area contributed by atoms with Gasteiger partial charge in [-0.15, -0.1) is 10.2 Å². The third-order valence-electron chi connectivity index (χ3n) is 6.78. The van der Waals surface area contributed by atoms with Crippen molar-refractivity contribution in [1.82, 2.24) is 24.5 Å². The van der Waals surface area contributed by atoms with E-state index in [2.05, 4.69) is 15.2 Å². The van der Waals surface area contributed by atoms with Gasteiger partial charge in [-0.05, 0) is 41.8 Å². The van der Waals surface area contributed by atoms with E-state index in [1.165, 1.54) is 39.8 Å². The van der Waals surface area contributed by atoms with Crippen molar-refractivity contribution in [3.8, 4) is 11.5 Å². The molecular formula is C25H26F4N6O. The first-order valence-electron chi connectivity index (χ1n) is 11.6. The van der Waals surface area contributed by atoms with Crippen LogP contribution in [0.5, 0.6) is 0 Å². The second kappa shape index (κ2) is 8.75. The molecule has 1 aliphatic heterocycles. The van der Waals surface area contributed by atoms with Gasteiger partial charge in [0.2, 0.25) is 0 Å². The lowest BCUT2D eigenvalue weighted by molar-refractivity contribution is -0.183. The number of nitrogens with zero attached hydrogens (tertiary/aromatic N) is 5. The van der Waals surface area contributed by atoms with E-state index in [1.54, 1.807) is 26.0 Å². The highest BCUT2D eigenvalue weighted by Crippen LogP contribution is 2.39.